The fourth-order valence-electron chi connectivity index (χ4n) is 2.51. The number of fused-ring (bicyclic) bond motifs is 1. The van der Waals surface area contributed by atoms with Gasteiger partial charge in [0, 0.05) is 10.6 Å². The zero-order valence-electron chi connectivity index (χ0n) is 11.2. The molecule has 0 atom stereocenters. The molecule has 1 aliphatic rings. The van der Waals surface area contributed by atoms with E-state index in [-0.39, 0.29) is 5.56 Å². The van der Waals surface area contributed by atoms with Gasteiger partial charge in [-0.05, 0) is 37.0 Å². The van der Waals surface area contributed by atoms with Crippen molar-refractivity contribution in [2.75, 3.05) is 10.6 Å². The molecule has 0 saturated heterocycles. The first-order chi connectivity index (χ1) is 10.1. The molecule has 2 amide bonds. The van der Waals surface area contributed by atoms with E-state index in [0.717, 1.165) is 29.7 Å². The van der Waals surface area contributed by atoms with Crippen LogP contribution in [-0.2, 0) is 12.8 Å². The SMILES string of the molecule is O=C(Nc1ccccc1)Nc1sc2c(c1C(=O)O)CCC2. The van der Waals surface area contributed by atoms with Gasteiger partial charge in [0.05, 0.1) is 5.56 Å². The number of thiophene rings is 1. The maximum absolute atomic E-state index is 12.0. The summed E-state index contributed by atoms with van der Waals surface area (Å²) in [5.41, 5.74) is 1.79. The molecule has 0 radical (unpaired) electrons. The standard InChI is InChI=1S/C15H14N2O3S/c18-14(19)12-10-7-4-8-11(10)21-13(12)17-15(20)16-9-5-2-1-3-6-9/h1-3,5-6H,4,7-8H2,(H,18,19)(H2,16,17,20). The minimum absolute atomic E-state index is 0.246. The highest BCUT2D eigenvalue weighted by Gasteiger charge is 2.27. The van der Waals surface area contributed by atoms with Gasteiger partial charge in [-0.2, -0.15) is 0 Å². The van der Waals surface area contributed by atoms with E-state index in [4.69, 9.17) is 0 Å². The van der Waals surface area contributed by atoms with Crippen LogP contribution in [-0.4, -0.2) is 17.1 Å². The predicted octanol–water partition coefficient (Wildman–Crippen LogP) is 3.58. The highest BCUT2D eigenvalue weighted by atomic mass is 32.1. The van der Waals surface area contributed by atoms with Crippen molar-refractivity contribution >= 4 is 34.0 Å². The van der Waals surface area contributed by atoms with Gasteiger partial charge in [-0.15, -0.1) is 11.3 Å². The topological polar surface area (TPSA) is 78.4 Å². The number of hydrogen-bond donors (Lipinski definition) is 3. The number of hydrogen-bond acceptors (Lipinski definition) is 3. The van der Waals surface area contributed by atoms with E-state index < -0.39 is 12.0 Å². The van der Waals surface area contributed by atoms with Gasteiger partial charge in [0.2, 0.25) is 0 Å². The van der Waals surface area contributed by atoms with Crippen molar-refractivity contribution in [3.05, 3.63) is 46.3 Å². The molecule has 2 aromatic rings. The van der Waals surface area contributed by atoms with E-state index in [1.165, 1.54) is 11.3 Å². The molecular formula is C15H14N2O3S. The average molecular weight is 302 g/mol. The third-order valence-electron chi connectivity index (χ3n) is 3.39. The number of amides is 2. The number of aryl methyl sites for hydroxylation is 1. The average Bonchev–Trinajstić information content (AvgIpc) is 2.99. The summed E-state index contributed by atoms with van der Waals surface area (Å²) in [6.07, 6.45) is 2.65. The lowest BCUT2D eigenvalue weighted by atomic mass is 10.1. The minimum atomic E-state index is -0.982. The third-order valence-corrected chi connectivity index (χ3v) is 4.60. The van der Waals surface area contributed by atoms with E-state index in [1.54, 1.807) is 12.1 Å². The Morgan fingerprint density at radius 1 is 1.10 bits per heavy atom. The number of urea groups is 1. The van der Waals surface area contributed by atoms with Gasteiger partial charge in [0.25, 0.3) is 0 Å². The number of anilines is 2. The lowest BCUT2D eigenvalue weighted by Crippen LogP contribution is -2.20. The van der Waals surface area contributed by atoms with Gasteiger partial charge in [-0.1, -0.05) is 18.2 Å². The highest BCUT2D eigenvalue weighted by Crippen LogP contribution is 2.39. The highest BCUT2D eigenvalue weighted by molar-refractivity contribution is 7.17. The second-order valence-corrected chi connectivity index (χ2v) is 5.92. The van der Waals surface area contributed by atoms with Crippen molar-refractivity contribution in [1.29, 1.82) is 0 Å². The maximum Gasteiger partial charge on any atom is 0.339 e. The molecule has 1 heterocycles. The summed E-state index contributed by atoms with van der Waals surface area (Å²) in [4.78, 5) is 24.5. The molecule has 0 spiro atoms. The van der Waals surface area contributed by atoms with Crippen LogP contribution in [0.2, 0.25) is 0 Å². The van der Waals surface area contributed by atoms with E-state index in [1.807, 2.05) is 18.2 Å². The summed E-state index contributed by atoms with van der Waals surface area (Å²) in [7, 11) is 0. The summed E-state index contributed by atoms with van der Waals surface area (Å²) >= 11 is 1.36. The lowest BCUT2D eigenvalue weighted by molar-refractivity contribution is 0.0697. The number of carbonyl (C=O) groups excluding carboxylic acids is 1. The molecule has 3 rings (SSSR count). The van der Waals surface area contributed by atoms with Crippen molar-refractivity contribution in [3.63, 3.8) is 0 Å². The van der Waals surface area contributed by atoms with Gasteiger partial charge in [-0.3, -0.25) is 5.32 Å². The first kappa shape index (κ1) is 13.6. The number of nitrogens with one attached hydrogen (secondary N) is 2. The van der Waals surface area contributed by atoms with Crippen LogP contribution in [0.1, 0.15) is 27.2 Å². The fraction of sp³-hybridized carbons (Fsp3) is 0.200. The Bertz CT molecular complexity index is 694. The Hall–Kier alpha value is -2.34. The largest absolute Gasteiger partial charge is 0.478 e. The second kappa shape index (κ2) is 5.57. The Balaban J connectivity index is 1.79. The number of carbonyl (C=O) groups is 2. The molecule has 5 nitrogen and oxygen atoms in total. The molecule has 1 aliphatic carbocycles. The van der Waals surface area contributed by atoms with Crippen molar-refractivity contribution in [2.24, 2.45) is 0 Å². The first-order valence-corrected chi connectivity index (χ1v) is 7.47. The zero-order valence-corrected chi connectivity index (χ0v) is 12.0. The Kier molecular flexibility index (Phi) is 3.62. The van der Waals surface area contributed by atoms with Gasteiger partial charge in [0.15, 0.2) is 0 Å². The molecule has 0 unspecified atom stereocenters. The minimum Gasteiger partial charge on any atom is -0.478 e. The van der Waals surface area contributed by atoms with E-state index in [0.29, 0.717) is 10.7 Å². The normalized spacial score (nSPS) is 12.8. The zero-order chi connectivity index (χ0) is 14.8. The number of aromatic carboxylic acids is 1. The molecule has 1 aromatic carbocycles. The molecular weight excluding hydrogens is 288 g/mol. The van der Waals surface area contributed by atoms with Crippen molar-refractivity contribution in [1.82, 2.24) is 0 Å². The summed E-state index contributed by atoms with van der Waals surface area (Å²) in [6, 6.07) is 8.60. The van der Waals surface area contributed by atoms with Crippen molar-refractivity contribution < 1.29 is 14.7 Å². The van der Waals surface area contributed by atoms with Crippen LogP contribution in [0.3, 0.4) is 0 Å². The summed E-state index contributed by atoms with van der Waals surface area (Å²) < 4.78 is 0. The van der Waals surface area contributed by atoms with Crippen LogP contribution in [0.4, 0.5) is 15.5 Å². The number of carboxylic acids is 1. The van der Waals surface area contributed by atoms with Crippen molar-refractivity contribution in [2.45, 2.75) is 19.3 Å². The number of benzene rings is 1. The smallest absolute Gasteiger partial charge is 0.339 e. The van der Waals surface area contributed by atoms with E-state index in [2.05, 4.69) is 10.6 Å². The number of para-hydroxylation sites is 1. The predicted molar refractivity (Wildman–Crippen MR) is 82.4 cm³/mol. The van der Waals surface area contributed by atoms with Crippen LogP contribution >= 0.6 is 11.3 Å². The molecule has 6 heteroatoms. The molecule has 0 bridgehead atoms. The van der Waals surface area contributed by atoms with Crippen LogP contribution < -0.4 is 10.6 Å². The molecule has 0 aliphatic heterocycles. The second-order valence-electron chi connectivity index (χ2n) is 4.81. The molecule has 0 fully saturated rings. The van der Waals surface area contributed by atoms with Crippen LogP contribution in [0.5, 0.6) is 0 Å². The van der Waals surface area contributed by atoms with Gasteiger partial charge >= 0.3 is 12.0 Å². The van der Waals surface area contributed by atoms with Gasteiger partial charge in [0.1, 0.15) is 5.00 Å². The van der Waals surface area contributed by atoms with Crippen LogP contribution in [0, 0.1) is 0 Å². The Morgan fingerprint density at radius 2 is 1.86 bits per heavy atom. The summed E-state index contributed by atoms with van der Waals surface area (Å²) in [5, 5.41) is 15.1. The lowest BCUT2D eigenvalue weighted by Gasteiger charge is -2.07. The monoisotopic (exact) mass is 302 g/mol. The van der Waals surface area contributed by atoms with Crippen LogP contribution in [0.25, 0.3) is 0 Å². The molecule has 21 heavy (non-hydrogen) atoms. The summed E-state index contributed by atoms with van der Waals surface area (Å²) in [6.45, 7) is 0. The molecule has 3 N–H and O–H groups in total. The molecule has 1 aromatic heterocycles. The molecule has 0 saturated carbocycles. The quantitative estimate of drug-likeness (QED) is 0.811. The van der Waals surface area contributed by atoms with Crippen LogP contribution in [0.15, 0.2) is 30.3 Å². The van der Waals surface area contributed by atoms with E-state index in [9.17, 15) is 14.7 Å². The van der Waals surface area contributed by atoms with Gasteiger partial charge < -0.3 is 10.4 Å². The maximum atomic E-state index is 12.0. The van der Waals surface area contributed by atoms with Crippen molar-refractivity contribution in [3.8, 4) is 0 Å². The Labute approximate surface area is 125 Å². The van der Waals surface area contributed by atoms with E-state index >= 15 is 0 Å². The number of carboxylic acid groups (broad SMARTS) is 1. The Morgan fingerprint density at radius 3 is 2.57 bits per heavy atom. The van der Waals surface area contributed by atoms with Gasteiger partial charge in [-0.25, -0.2) is 9.59 Å². The number of rotatable bonds is 3. The first-order valence-electron chi connectivity index (χ1n) is 6.66. The molecule has 108 valence electrons. The summed E-state index contributed by atoms with van der Waals surface area (Å²) in [5.74, 6) is -0.982. The third kappa shape index (κ3) is 2.75. The fourth-order valence-corrected chi connectivity index (χ4v) is 3.78.